The Bertz CT molecular complexity index is 970. The number of amides is 1. The zero-order chi connectivity index (χ0) is 26.4. The number of ether oxygens (including phenoxy) is 4. The van der Waals surface area contributed by atoms with Gasteiger partial charge < -0.3 is 34.5 Å². The number of hydrogen-bond acceptors (Lipinski definition) is 8. The van der Waals surface area contributed by atoms with E-state index in [-0.39, 0.29) is 12.5 Å². The predicted octanol–water partition coefficient (Wildman–Crippen LogP) is 2.50. The van der Waals surface area contributed by atoms with Crippen LogP contribution >= 0.6 is 0 Å². The van der Waals surface area contributed by atoms with Gasteiger partial charge in [-0.2, -0.15) is 0 Å². The first-order valence-electron chi connectivity index (χ1n) is 10.2. The highest BCUT2D eigenvalue weighted by Gasteiger charge is 2.15. The molecule has 0 atom stereocenters. The van der Waals surface area contributed by atoms with E-state index in [1.54, 1.807) is 18.2 Å². The Labute approximate surface area is 203 Å². The summed E-state index contributed by atoms with van der Waals surface area (Å²) < 4.78 is 21.4. The monoisotopic (exact) mass is 490 g/mol. The summed E-state index contributed by atoms with van der Waals surface area (Å²) in [6, 6.07) is 11.2. The van der Waals surface area contributed by atoms with Gasteiger partial charge in [0, 0.05) is 24.4 Å². The van der Waals surface area contributed by atoms with Crippen molar-refractivity contribution in [3.63, 3.8) is 0 Å². The number of carbonyl (C=O) groups excluding carboxylic acids is 1. The van der Waals surface area contributed by atoms with Gasteiger partial charge in [0.2, 0.25) is 11.7 Å². The summed E-state index contributed by atoms with van der Waals surface area (Å²) in [5.74, 6) is -1.57. The van der Waals surface area contributed by atoms with Crippen molar-refractivity contribution in [3.05, 3.63) is 54.6 Å². The maximum absolute atomic E-state index is 12.4. The van der Waals surface area contributed by atoms with Crippen LogP contribution in [0.5, 0.6) is 23.0 Å². The minimum Gasteiger partial charge on any atom is -0.493 e. The van der Waals surface area contributed by atoms with Crippen LogP contribution < -0.4 is 24.3 Å². The van der Waals surface area contributed by atoms with Gasteiger partial charge in [0.15, 0.2) is 11.5 Å². The fourth-order valence-electron chi connectivity index (χ4n) is 2.81. The van der Waals surface area contributed by atoms with E-state index in [2.05, 4.69) is 11.9 Å². The third kappa shape index (κ3) is 10.0. The average Bonchev–Trinajstić information content (AvgIpc) is 2.83. The fraction of sp³-hybridized carbons (Fsp3) is 0.292. The molecule has 0 aromatic heterocycles. The molecule has 35 heavy (non-hydrogen) atoms. The number of benzene rings is 2. The van der Waals surface area contributed by atoms with Gasteiger partial charge in [-0.05, 0) is 24.7 Å². The second-order valence-corrected chi connectivity index (χ2v) is 6.99. The largest absolute Gasteiger partial charge is 0.493 e. The van der Waals surface area contributed by atoms with Gasteiger partial charge in [0.25, 0.3) is 0 Å². The summed E-state index contributed by atoms with van der Waals surface area (Å²) in [6.45, 7) is 4.96. The van der Waals surface area contributed by atoms with Crippen molar-refractivity contribution in [1.82, 2.24) is 4.90 Å². The van der Waals surface area contributed by atoms with Crippen LogP contribution in [0.25, 0.3) is 0 Å². The highest BCUT2D eigenvalue weighted by atomic mass is 16.5. The molecule has 11 nitrogen and oxygen atoms in total. The van der Waals surface area contributed by atoms with Crippen LogP contribution in [0.2, 0.25) is 0 Å². The minimum atomic E-state index is -1.82. The van der Waals surface area contributed by atoms with Crippen LogP contribution in [0.15, 0.2) is 49.1 Å². The summed E-state index contributed by atoms with van der Waals surface area (Å²) in [5.41, 5.74) is 1.65. The number of nitrogens with zero attached hydrogens (tertiary/aromatic N) is 1. The minimum absolute atomic E-state index is 0.146. The Morgan fingerprint density at radius 1 is 0.971 bits per heavy atom. The molecule has 0 aliphatic heterocycles. The number of carboxylic acids is 2. The van der Waals surface area contributed by atoms with Crippen LogP contribution in [0.4, 0.5) is 5.69 Å². The average molecular weight is 491 g/mol. The van der Waals surface area contributed by atoms with Gasteiger partial charge in [0.1, 0.15) is 12.4 Å². The van der Waals surface area contributed by atoms with Gasteiger partial charge in [-0.1, -0.05) is 24.8 Å². The molecule has 0 spiro atoms. The Morgan fingerprint density at radius 3 is 1.94 bits per heavy atom. The molecule has 0 fully saturated rings. The van der Waals surface area contributed by atoms with Crippen LogP contribution in [0, 0.1) is 0 Å². The van der Waals surface area contributed by atoms with E-state index in [1.807, 2.05) is 36.2 Å². The molecule has 2 rings (SSSR count). The summed E-state index contributed by atoms with van der Waals surface area (Å²) in [4.78, 5) is 32.6. The summed E-state index contributed by atoms with van der Waals surface area (Å²) >= 11 is 0. The molecule has 0 aliphatic rings. The van der Waals surface area contributed by atoms with Crippen molar-refractivity contribution >= 4 is 23.5 Å². The van der Waals surface area contributed by atoms with Crippen LogP contribution in [0.1, 0.15) is 5.56 Å². The molecule has 0 unspecified atom stereocenters. The quantitative estimate of drug-likeness (QED) is 0.317. The van der Waals surface area contributed by atoms with Crippen molar-refractivity contribution in [2.75, 3.05) is 46.8 Å². The summed E-state index contributed by atoms with van der Waals surface area (Å²) in [5, 5.41) is 17.6. The number of aliphatic carboxylic acids is 2. The van der Waals surface area contributed by atoms with Crippen molar-refractivity contribution in [2.24, 2.45) is 0 Å². The lowest BCUT2D eigenvalue weighted by Crippen LogP contribution is -2.29. The van der Waals surface area contributed by atoms with E-state index in [0.717, 1.165) is 11.3 Å². The van der Waals surface area contributed by atoms with E-state index >= 15 is 0 Å². The van der Waals surface area contributed by atoms with Gasteiger partial charge >= 0.3 is 11.9 Å². The molecule has 2 aromatic rings. The van der Waals surface area contributed by atoms with Crippen LogP contribution in [0.3, 0.4) is 0 Å². The third-order valence-corrected chi connectivity index (χ3v) is 4.29. The van der Waals surface area contributed by atoms with Crippen molar-refractivity contribution in [1.29, 1.82) is 0 Å². The molecular formula is C24H30N2O9. The lowest BCUT2D eigenvalue weighted by atomic mass is 10.2. The number of carboxylic acid groups (broad SMARTS) is 2. The molecule has 3 N–H and O–H groups in total. The van der Waals surface area contributed by atoms with Gasteiger partial charge in [-0.3, -0.25) is 9.69 Å². The first kappa shape index (κ1) is 28.8. The smallest absolute Gasteiger partial charge is 0.414 e. The van der Waals surface area contributed by atoms with Gasteiger partial charge in [-0.25, -0.2) is 9.59 Å². The molecule has 1 amide bonds. The van der Waals surface area contributed by atoms with E-state index in [9.17, 15) is 4.79 Å². The molecular weight excluding hydrogens is 460 g/mol. The van der Waals surface area contributed by atoms with Crippen molar-refractivity contribution in [2.45, 2.75) is 6.54 Å². The normalized spacial score (nSPS) is 9.86. The molecule has 0 radical (unpaired) electrons. The van der Waals surface area contributed by atoms with E-state index in [1.165, 1.54) is 21.3 Å². The first-order valence-corrected chi connectivity index (χ1v) is 10.2. The van der Waals surface area contributed by atoms with Gasteiger partial charge in [-0.15, -0.1) is 0 Å². The second kappa shape index (κ2) is 14.8. The Kier molecular flexibility index (Phi) is 12.2. The highest BCUT2D eigenvalue weighted by Crippen LogP contribution is 2.39. The summed E-state index contributed by atoms with van der Waals surface area (Å²) in [6.07, 6.45) is 1.70. The molecule has 0 bridgehead atoms. The SMILES string of the molecule is C=CCOc1ccc(CN(C)CC(=O)Nc2cc(OC)c(OC)c(OC)c2)cc1.O=C(O)C(=O)O. The summed E-state index contributed by atoms with van der Waals surface area (Å²) in [7, 11) is 6.48. The third-order valence-electron chi connectivity index (χ3n) is 4.29. The highest BCUT2D eigenvalue weighted by molar-refractivity contribution is 6.27. The maximum Gasteiger partial charge on any atom is 0.414 e. The maximum atomic E-state index is 12.4. The van der Waals surface area contributed by atoms with E-state index in [4.69, 9.17) is 38.7 Å². The Morgan fingerprint density at radius 2 is 1.51 bits per heavy atom. The van der Waals surface area contributed by atoms with Crippen LogP contribution in [-0.2, 0) is 20.9 Å². The predicted molar refractivity (Wildman–Crippen MR) is 128 cm³/mol. The lowest BCUT2D eigenvalue weighted by molar-refractivity contribution is -0.159. The molecule has 0 saturated carbocycles. The molecule has 0 aliphatic carbocycles. The number of carbonyl (C=O) groups is 3. The number of methoxy groups -OCH3 is 3. The van der Waals surface area contributed by atoms with E-state index in [0.29, 0.717) is 36.1 Å². The Balaban J connectivity index is 0.000000905. The van der Waals surface area contributed by atoms with Crippen molar-refractivity contribution < 1.29 is 43.5 Å². The number of hydrogen-bond donors (Lipinski definition) is 3. The zero-order valence-corrected chi connectivity index (χ0v) is 20.1. The topological polar surface area (TPSA) is 144 Å². The fourth-order valence-corrected chi connectivity index (χ4v) is 2.81. The number of nitrogens with one attached hydrogen (secondary N) is 1. The lowest BCUT2D eigenvalue weighted by Gasteiger charge is -2.18. The number of anilines is 1. The van der Waals surface area contributed by atoms with Crippen LogP contribution in [-0.4, -0.2) is 74.5 Å². The van der Waals surface area contributed by atoms with Crippen molar-refractivity contribution in [3.8, 4) is 23.0 Å². The Hall–Kier alpha value is -4.25. The number of likely N-dealkylation sites (N-methyl/N-ethyl adjacent to an activating group) is 1. The second-order valence-electron chi connectivity index (χ2n) is 6.99. The molecule has 0 heterocycles. The molecule has 2 aromatic carbocycles. The number of rotatable bonds is 11. The standard InChI is InChI=1S/C22H28N2O5.C2H2O4/c1-6-11-29-18-9-7-16(8-10-18)14-24(2)15-21(25)23-17-12-19(26-3)22(28-5)20(13-17)27-4;3-1(4)2(5)6/h6-10,12-13H,1,11,14-15H2,2-5H3,(H,23,25);(H,3,4)(H,5,6). The van der Waals surface area contributed by atoms with E-state index < -0.39 is 11.9 Å². The molecule has 11 heteroatoms. The zero-order valence-electron chi connectivity index (χ0n) is 20.1. The molecule has 190 valence electrons. The van der Waals surface area contributed by atoms with Gasteiger partial charge in [0.05, 0.1) is 27.9 Å². The molecule has 0 saturated heterocycles. The first-order chi connectivity index (χ1) is 16.6.